The van der Waals surface area contributed by atoms with Crippen molar-refractivity contribution < 1.29 is 5.10 Å². The minimum atomic E-state index is 0.708. The van der Waals surface area contributed by atoms with Crippen molar-refractivity contribution >= 4 is 34.7 Å². The van der Waals surface area contributed by atoms with Crippen molar-refractivity contribution in [1.82, 2.24) is 15.1 Å². The molecule has 2 N–H and O–H groups in total. The summed E-state index contributed by atoms with van der Waals surface area (Å²) in [5.41, 5.74) is 3.79. The van der Waals surface area contributed by atoms with E-state index in [0.29, 0.717) is 5.02 Å². The number of anilines is 4. The van der Waals surface area contributed by atoms with Gasteiger partial charge in [-0.3, -0.25) is 4.90 Å². The summed E-state index contributed by atoms with van der Waals surface area (Å²) < 4.78 is 0. The number of nitrogens with one attached hydrogen (secondary N) is 2. The van der Waals surface area contributed by atoms with Crippen molar-refractivity contribution in [3.05, 3.63) is 84.1 Å². The molecule has 0 spiro atoms. The van der Waals surface area contributed by atoms with E-state index in [1.807, 2.05) is 48.5 Å². The second-order valence-corrected chi connectivity index (χ2v) is 7.97. The van der Waals surface area contributed by atoms with E-state index in [0.717, 1.165) is 60.6 Å². The van der Waals surface area contributed by atoms with Crippen molar-refractivity contribution in [2.24, 2.45) is 0 Å². The summed E-state index contributed by atoms with van der Waals surface area (Å²) in [6.07, 6.45) is 3.56. The van der Waals surface area contributed by atoms with E-state index in [4.69, 9.17) is 16.7 Å². The number of hydrogen-bond donors (Lipinski definition) is 1. The molecule has 4 aromatic rings. The van der Waals surface area contributed by atoms with Gasteiger partial charge in [-0.25, -0.2) is 9.97 Å². The number of piperazine rings is 1. The molecule has 3 heterocycles. The highest BCUT2D eigenvalue weighted by Crippen LogP contribution is 2.30. The van der Waals surface area contributed by atoms with Gasteiger partial charge in [0, 0.05) is 28.7 Å². The maximum atomic E-state index is 6.06. The predicted octanol–water partition coefficient (Wildman–Crippen LogP) is 4.08. The molecule has 1 aliphatic rings. The maximum absolute atomic E-state index is 6.06. The highest BCUT2D eigenvalue weighted by molar-refractivity contribution is 6.30. The molecule has 8 heteroatoms. The molecule has 0 saturated carbocycles. The largest absolute Gasteiger partial charge is 0.353 e. The topological polar surface area (TPSA) is 71.3 Å². The Morgan fingerprint density at radius 3 is 2.22 bits per heavy atom. The first-order chi connectivity index (χ1) is 15.8. The van der Waals surface area contributed by atoms with Crippen LogP contribution in [-0.4, -0.2) is 41.2 Å². The molecule has 0 amide bonds. The lowest BCUT2D eigenvalue weighted by molar-refractivity contribution is -0.440. The first-order valence-corrected chi connectivity index (χ1v) is 10.9. The highest BCUT2D eigenvalue weighted by atomic mass is 35.5. The molecule has 2 aromatic carbocycles. The van der Waals surface area contributed by atoms with Crippen LogP contribution in [0.5, 0.6) is 0 Å². The molecule has 1 saturated heterocycles. The lowest BCUT2D eigenvalue weighted by Gasteiger charge is -2.30. The average Bonchev–Trinajstić information content (AvgIpc) is 2.87. The summed E-state index contributed by atoms with van der Waals surface area (Å²) in [6, 6.07) is 21.8. The van der Waals surface area contributed by atoms with Crippen molar-refractivity contribution in [3.8, 4) is 11.3 Å². The van der Waals surface area contributed by atoms with Crippen molar-refractivity contribution in [2.75, 3.05) is 41.3 Å². The van der Waals surface area contributed by atoms with Gasteiger partial charge in [-0.15, -0.1) is 5.10 Å². The minimum absolute atomic E-state index is 0.708. The van der Waals surface area contributed by atoms with Gasteiger partial charge in [0.2, 0.25) is 5.95 Å². The van der Waals surface area contributed by atoms with Gasteiger partial charge >= 0.3 is 0 Å². The van der Waals surface area contributed by atoms with Crippen molar-refractivity contribution in [3.63, 3.8) is 0 Å². The lowest BCUT2D eigenvalue weighted by Crippen LogP contribution is -2.48. The first-order valence-electron chi connectivity index (χ1n) is 10.5. The van der Waals surface area contributed by atoms with Crippen LogP contribution in [0.1, 0.15) is 0 Å². The molecule has 1 fully saturated rings. The molecular formula is C24H23ClN7+. The number of hydrogen-bond acceptors (Lipinski definition) is 6. The Morgan fingerprint density at radius 2 is 1.50 bits per heavy atom. The molecule has 1 aliphatic heterocycles. The third-order valence-corrected chi connectivity index (χ3v) is 5.70. The third kappa shape index (κ3) is 4.48. The van der Waals surface area contributed by atoms with Crippen LogP contribution in [0, 0.1) is 0 Å². The Morgan fingerprint density at radius 1 is 0.812 bits per heavy atom. The first kappa shape index (κ1) is 20.2. The average molecular weight is 445 g/mol. The predicted molar refractivity (Wildman–Crippen MR) is 127 cm³/mol. The Kier molecular flexibility index (Phi) is 5.81. The van der Waals surface area contributed by atoms with Crippen LogP contribution in [-0.2, 0) is 0 Å². The van der Waals surface area contributed by atoms with Gasteiger partial charge in [-0.05, 0) is 30.3 Å². The van der Waals surface area contributed by atoms with Gasteiger partial charge in [-0.1, -0.05) is 47.0 Å². The van der Waals surface area contributed by atoms with E-state index in [1.54, 1.807) is 12.4 Å². The number of halogens is 1. The number of rotatable bonds is 5. The van der Waals surface area contributed by atoms with E-state index >= 15 is 0 Å². The van der Waals surface area contributed by atoms with E-state index in [2.05, 4.69) is 48.4 Å². The Balaban J connectivity index is 1.40. The molecule has 0 radical (unpaired) electrons. The van der Waals surface area contributed by atoms with Crippen LogP contribution in [0.15, 0.2) is 79.1 Å². The molecule has 2 aromatic heterocycles. The minimum Gasteiger partial charge on any atom is -0.353 e. The molecule has 160 valence electrons. The van der Waals surface area contributed by atoms with Gasteiger partial charge in [0.1, 0.15) is 18.8 Å². The normalized spacial score (nSPS) is 13.8. The van der Waals surface area contributed by atoms with Crippen LogP contribution in [0.25, 0.3) is 11.3 Å². The zero-order chi connectivity index (χ0) is 21.8. The van der Waals surface area contributed by atoms with Gasteiger partial charge in [-0.2, -0.15) is 0 Å². The summed E-state index contributed by atoms with van der Waals surface area (Å²) in [5.74, 6) is 1.74. The van der Waals surface area contributed by atoms with Gasteiger partial charge < -0.3 is 10.2 Å². The van der Waals surface area contributed by atoms with Crippen molar-refractivity contribution in [2.45, 2.75) is 0 Å². The number of benzene rings is 2. The van der Waals surface area contributed by atoms with E-state index < -0.39 is 0 Å². The molecule has 0 aliphatic carbocycles. The zero-order valence-corrected chi connectivity index (χ0v) is 18.2. The zero-order valence-electron chi connectivity index (χ0n) is 17.4. The van der Waals surface area contributed by atoms with Crippen LogP contribution < -0.4 is 20.2 Å². The number of aromatic nitrogens is 4. The van der Waals surface area contributed by atoms with Gasteiger partial charge in [0.15, 0.2) is 0 Å². The van der Waals surface area contributed by atoms with Gasteiger partial charge in [0.05, 0.1) is 24.8 Å². The lowest BCUT2D eigenvalue weighted by atomic mass is 10.1. The fourth-order valence-corrected chi connectivity index (χ4v) is 3.90. The molecule has 0 bridgehead atoms. The quantitative estimate of drug-likeness (QED) is 0.500. The van der Waals surface area contributed by atoms with E-state index in [-0.39, 0.29) is 0 Å². The third-order valence-electron chi connectivity index (χ3n) is 5.44. The molecule has 7 nitrogen and oxygen atoms in total. The highest BCUT2D eigenvalue weighted by Gasteiger charge is 2.26. The summed E-state index contributed by atoms with van der Waals surface area (Å²) in [4.78, 5) is 13.2. The molecular weight excluding hydrogens is 422 g/mol. The van der Waals surface area contributed by atoms with Crippen molar-refractivity contribution in [1.29, 1.82) is 0 Å². The number of aromatic amines is 1. The maximum Gasteiger partial charge on any atom is 0.297 e. The summed E-state index contributed by atoms with van der Waals surface area (Å²) in [7, 11) is 0. The smallest absolute Gasteiger partial charge is 0.297 e. The van der Waals surface area contributed by atoms with Crippen LogP contribution >= 0.6 is 11.6 Å². The van der Waals surface area contributed by atoms with Crippen LogP contribution in [0.3, 0.4) is 0 Å². The van der Waals surface area contributed by atoms with Gasteiger partial charge in [0.25, 0.3) is 5.82 Å². The fraction of sp³-hybridized carbons (Fsp3) is 0.167. The molecule has 0 unspecified atom stereocenters. The Bertz CT molecular complexity index is 1160. The second-order valence-electron chi connectivity index (χ2n) is 7.54. The van der Waals surface area contributed by atoms with Crippen LogP contribution in [0.2, 0.25) is 5.02 Å². The van der Waals surface area contributed by atoms with Crippen LogP contribution in [0.4, 0.5) is 23.1 Å². The van der Waals surface area contributed by atoms with E-state index in [9.17, 15) is 0 Å². The summed E-state index contributed by atoms with van der Waals surface area (Å²) >= 11 is 6.06. The Hall–Kier alpha value is -3.71. The number of nitrogens with zero attached hydrogens (tertiary/aromatic N) is 5. The monoisotopic (exact) mass is 444 g/mol. The fourth-order valence-electron chi connectivity index (χ4n) is 3.77. The molecule has 32 heavy (non-hydrogen) atoms. The summed E-state index contributed by atoms with van der Waals surface area (Å²) in [5, 5.41) is 12.2. The second kappa shape index (κ2) is 9.20. The summed E-state index contributed by atoms with van der Waals surface area (Å²) in [6.45, 7) is 3.39. The SMILES string of the molecule is Clc1ccc(Nc2cc(N3CCN(c4ncccn4)CC3)[nH+]nc2-c2ccccc2)cc1. The standard InChI is InChI=1S/C24H22ClN7/c25-19-7-9-20(10-8-19)28-21-17-22(29-30-23(21)18-5-2-1-3-6-18)31-13-15-32(16-14-31)24-26-11-4-12-27-24/h1-12,17H,13-16H2,(H,28,29)/p+1. The molecule has 5 rings (SSSR count). The number of H-pyrrole nitrogens is 1. The van der Waals surface area contributed by atoms with E-state index in [1.165, 1.54) is 0 Å². The molecule has 0 atom stereocenters. The Labute approximate surface area is 191 Å².